The molecule has 8 aromatic carbocycles. The summed E-state index contributed by atoms with van der Waals surface area (Å²) >= 11 is 0. The van der Waals surface area contributed by atoms with Crippen LogP contribution < -0.4 is 9.80 Å². The molecule has 8 aromatic rings. The standard InChI is InChI=1S/2C21H16F2NO.2C5H5.Ti/c2*1-15-7-9-16(10-8-15)14-24(20-12-11-18(22)13-19(20)23)21(25)17-5-3-2-4-6-17;2*1-2-4-5-3-1;/h2*2-12H,14H2,1H3;2*1-5H;/q4*-1;+4. The fourth-order valence-corrected chi connectivity index (χ4v) is 5.69. The molecule has 0 aliphatic rings. The summed E-state index contributed by atoms with van der Waals surface area (Å²) in [4.78, 5) is 28.4. The van der Waals surface area contributed by atoms with E-state index in [9.17, 15) is 27.2 Å². The summed E-state index contributed by atoms with van der Waals surface area (Å²) in [5.74, 6) is -4.11. The molecule has 0 spiro atoms. The number of amides is 2. The summed E-state index contributed by atoms with van der Waals surface area (Å²) in [6.45, 7) is 4.27. The second kappa shape index (κ2) is 24.5. The number of halogens is 4. The first-order valence-corrected chi connectivity index (χ1v) is 19.0. The smallest absolute Gasteiger partial charge is 0.355 e. The number of carbonyl (C=O) groups is 2. The van der Waals surface area contributed by atoms with Crippen molar-refractivity contribution in [3.05, 3.63) is 263 Å². The molecule has 2 amide bonds. The maximum Gasteiger partial charge on any atom is 4.00 e. The number of hydrogen-bond acceptors (Lipinski definition) is 2. The Bertz CT molecular complexity index is 2270. The van der Waals surface area contributed by atoms with Crippen molar-refractivity contribution in [2.45, 2.75) is 26.9 Å². The fraction of sp³-hybridized carbons (Fsp3) is 0.0769. The summed E-state index contributed by atoms with van der Waals surface area (Å²) in [6.07, 6.45) is 0. The van der Waals surface area contributed by atoms with Crippen LogP contribution in [0.2, 0.25) is 0 Å². The molecule has 0 N–H and O–H groups in total. The van der Waals surface area contributed by atoms with Gasteiger partial charge in [-0.05, 0) is 60.6 Å². The first-order chi connectivity index (χ1) is 29.1. The molecule has 9 heteroatoms. The van der Waals surface area contributed by atoms with Gasteiger partial charge in [-0.25, -0.2) is 41.8 Å². The number of rotatable bonds is 8. The molecule has 0 saturated heterocycles. The van der Waals surface area contributed by atoms with Crippen LogP contribution in [0.1, 0.15) is 43.0 Å². The Morgan fingerprint density at radius 2 is 0.787 bits per heavy atom. The van der Waals surface area contributed by atoms with Gasteiger partial charge in [0.15, 0.2) is 0 Å². The summed E-state index contributed by atoms with van der Waals surface area (Å²) < 4.78 is 54.9. The molecule has 0 aliphatic carbocycles. The predicted molar refractivity (Wildman–Crippen MR) is 231 cm³/mol. The predicted octanol–water partition coefficient (Wildman–Crippen LogP) is 12.6. The minimum Gasteiger partial charge on any atom is -0.355 e. The Kier molecular flexibility index (Phi) is 18.9. The molecule has 0 saturated carbocycles. The molecule has 61 heavy (non-hydrogen) atoms. The van der Waals surface area contributed by atoms with E-state index in [1.807, 2.05) is 135 Å². The topological polar surface area (TPSA) is 40.6 Å². The Morgan fingerprint density at radius 3 is 1.07 bits per heavy atom. The SMILES string of the molecule is Cc1ccc(CN(C(=O)c2ccccc2)c2ccc(F)[c-]c2F)cc1.Cc1ccc(CN(C(=O)c2ccccc2)c2ccc(F)[c-]c2F)cc1.[Ti+4].c1cc[cH-]c1.c1cc[cH-]c1. The molecular weight excluding hydrogens is 808 g/mol. The molecule has 0 atom stereocenters. The number of hydrogen-bond donors (Lipinski definition) is 0. The molecule has 0 heterocycles. The van der Waals surface area contributed by atoms with Gasteiger partial charge in [-0.3, -0.25) is 9.59 Å². The molecule has 0 aromatic heterocycles. The van der Waals surface area contributed by atoms with Crippen LogP contribution in [-0.2, 0) is 34.8 Å². The van der Waals surface area contributed by atoms with E-state index in [2.05, 4.69) is 0 Å². The van der Waals surface area contributed by atoms with E-state index in [0.29, 0.717) is 11.1 Å². The van der Waals surface area contributed by atoms with Crippen LogP contribution in [0.3, 0.4) is 0 Å². The first kappa shape index (κ1) is 47.1. The van der Waals surface area contributed by atoms with Crippen LogP contribution in [0.5, 0.6) is 0 Å². The number of carbonyl (C=O) groups excluding carboxylic acids is 2. The van der Waals surface area contributed by atoms with E-state index in [1.165, 1.54) is 21.9 Å². The quantitative estimate of drug-likeness (QED) is 0.0868. The molecule has 0 aliphatic heterocycles. The zero-order chi connectivity index (χ0) is 42.7. The van der Waals surface area contributed by atoms with E-state index < -0.39 is 23.3 Å². The van der Waals surface area contributed by atoms with Crippen LogP contribution in [-0.4, -0.2) is 11.8 Å². The number of nitrogens with zero attached hydrogens (tertiary/aromatic N) is 2. The van der Waals surface area contributed by atoms with Gasteiger partial charge in [0.1, 0.15) is 0 Å². The van der Waals surface area contributed by atoms with Gasteiger partial charge >= 0.3 is 21.7 Å². The number of aryl methyl sites for hydroxylation is 2. The van der Waals surface area contributed by atoms with Crippen molar-refractivity contribution < 1.29 is 48.9 Å². The van der Waals surface area contributed by atoms with Crippen LogP contribution in [0.25, 0.3) is 0 Å². The average molecular weight is 851 g/mol. The molecular formula is C52H42F4N2O2Ti. The van der Waals surface area contributed by atoms with E-state index in [4.69, 9.17) is 0 Å². The van der Waals surface area contributed by atoms with E-state index in [1.54, 1.807) is 60.7 Å². The van der Waals surface area contributed by atoms with Crippen molar-refractivity contribution >= 4 is 23.2 Å². The molecule has 0 unspecified atom stereocenters. The van der Waals surface area contributed by atoms with Gasteiger partial charge in [0.2, 0.25) is 11.8 Å². The summed E-state index contributed by atoms with van der Waals surface area (Å²) in [6, 6.07) is 61.1. The van der Waals surface area contributed by atoms with Gasteiger partial charge in [0.05, 0.1) is 0 Å². The first-order valence-electron chi connectivity index (χ1n) is 19.0. The zero-order valence-electron chi connectivity index (χ0n) is 33.6. The third kappa shape index (κ3) is 14.9. The third-order valence-electron chi connectivity index (χ3n) is 8.83. The van der Waals surface area contributed by atoms with Gasteiger partial charge in [-0.15, -0.1) is 36.4 Å². The number of benzene rings is 6. The Balaban J connectivity index is 0.000000215. The van der Waals surface area contributed by atoms with Crippen molar-refractivity contribution in [1.82, 2.24) is 0 Å². The monoisotopic (exact) mass is 850 g/mol. The molecule has 0 bridgehead atoms. The van der Waals surface area contributed by atoms with Gasteiger partial charge < -0.3 is 9.80 Å². The van der Waals surface area contributed by atoms with Gasteiger partial charge in [-0.1, -0.05) is 96.1 Å². The molecule has 304 valence electrons. The molecule has 8 rings (SSSR count). The minimum atomic E-state index is -0.892. The van der Waals surface area contributed by atoms with Crippen LogP contribution in [0.4, 0.5) is 28.9 Å². The summed E-state index contributed by atoms with van der Waals surface area (Å²) in [5.41, 5.74) is 4.72. The van der Waals surface area contributed by atoms with E-state index in [0.717, 1.165) is 34.4 Å². The van der Waals surface area contributed by atoms with E-state index in [-0.39, 0.29) is 58.0 Å². The van der Waals surface area contributed by atoms with Gasteiger partial charge in [-0.2, -0.15) is 36.4 Å². The zero-order valence-corrected chi connectivity index (χ0v) is 35.2. The largest absolute Gasteiger partial charge is 4.00 e. The Labute approximate surface area is 370 Å². The maximum absolute atomic E-state index is 14.3. The van der Waals surface area contributed by atoms with Gasteiger partial charge in [0.25, 0.3) is 0 Å². The summed E-state index contributed by atoms with van der Waals surface area (Å²) in [5, 5.41) is 0. The average Bonchev–Trinajstić information content (AvgIpc) is 4.06. The van der Waals surface area contributed by atoms with Crippen LogP contribution >= 0.6 is 0 Å². The normalized spacial score (nSPS) is 9.93. The Hall–Kier alpha value is -6.61. The van der Waals surface area contributed by atoms with Crippen molar-refractivity contribution in [3.8, 4) is 0 Å². The number of anilines is 2. The van der Waals surface area contributed by atoms with E-state index >= 15 is 0 Å². The molecule has 4 nitrogen and oxygen atoms in total. The van der Waals surface area contributed by atoms with Gasteiger partial charge in [0, 0.05) is 47.5 Å². The summed E-state index contributed by atoms with van der Waals surface area (Å²) in [7, 11) is 0. The molecule has 0 fully saturated rings. The van der Waals surface area contributed by atoms with Crippen LogP contribution in [0.15, 0.2) is 194 Å². The minimum absolute atomic E-state index is 0. The van der Waals surface area contributed by atoms with Crippen molar-refractivity contribution in [2.75, 3.05) is 9.80 Å². The second-order valence-electron chi connectivity index (χ2n) is 13.4. The fourth-order valence-electron chi connectivity index (χ4n) is 5.69. The van der Waals surface area contributed by atoms with Crippen molar-refractivity contribution in [1.29, 1.82) is 0 Å². The Morgan fingerprint density at radius 1 is 0.459 bits per heavy atom. The maximum atomic E-state index is 14.3. The van der Waals surface area contributed by atoms with Crippen LogP contribution in [0, 0.1) is 49.2 Å². The van der Waals surface area contributed by atoms with Crippen molar-refractivity contribution in [2.24, 2.45) is 0 Å². The second-order valence-corrected chi connectivity index (χ2v) is 13.4. The van der Waals surface area contributed by atoms with Crippen molar-refractivity contribution in [3.63, 3.8) is 0 Å². The molecule has 0 radical (unpaired) electrons. The third-order valence-corrected chi connectivity index (χ3v) is 8.83.